The highest BCUT2D eigenvalue weighted by Crippen LogP contribution is 2.02. The van der Waals surface area contributed by atoms with Gasteiger partial charge >= 0.3 is 11.4 Å². The Kier molecular flexibility index (Phi) is 4.92. The van der Waals surface area contributed by atoms with Crippen LogP contribution in [0.4, 0.5) is 5.95 Å². The maximum Gasteiger partial charge on any atom is 0.355 e. The highest BCUT2D eigenvalue weighted by Gasteiger charge is 2.12. The van der Waals surface area contributed by atoms with Crippen LogP contribution in [0.1, 0.15) is 25.3 Å². The summed E-state index contributed by atoms with van der Waals surface area (Å²) in [5.74, 6) is 0.322. The van der Waals surface area contributed by atoms with Gasteiger partial charge in [-0.25, -0.2) is 14.2 Å². The number of hydrogen-bond acceptors (Lipinski definition) is 4. The molecule has 6 nitrogen and oxygen atoms in total. The van der Waals surface area contributed by atoms with Gasteiger partial charge in [0.25, 0.3) is 0 Å². The van der Waals surface area contributed by atoms with Crippen molar-refractivity contribution in [2.45, 2.75) is 32.9 Å². The highest BCUT2D eigenvalue weighted by atomic mass is 16.2. The van der Waals surface area contributed by atoms with Crippen LogP contribution in [0.3, 0.4) is 0 Å². The van der Waals surface area contributed by atoms with E-state index in [0.717, 1.165) is 18.4 Å². The van der Waals surface area contributed by atoms with Crippen molar-refractivity contribution in [3.05, 3.63) is 56.9 Å². The molecule has 0 aliphatic carbocycles. The zero-order chi connectivity index (χ0) is 15.2. The molecule has 6 heteroatoms. The Hall–Kier alpha value is -2.37. The molecule has 1 heterocycles. The molecule has 0 unspecified atom stereocenters. The molecule has 1 aromatic carbocycles. The van der Waals surface area contributed by atoms with Gasteiger partial charge < -0.3 is 5.32 Å². The summed E-state index contributed by atoms with van der Waals surface area (Å²) < 4.78 is 2.69. The summed E-state index contributed by atoms with van der Waals surface area (Å²) >= 11 is 0. The van der Waals surface area contributed by atoms with E-state index in [9.17, 15) is 9.59 Å². The number of nitrogens with zero attached hydrogens (tertiary/aromatic N) is 3. The molecule has 0 radical (unpaired) electrons. The molecule has 0 fully saturated rings. The Morgan fingerprint density at radius 1 is 1.14 bits per heavy atom. The lowest BCUT2D eigenvalue weighted by molar-refractivity contribution is 0.538. The van der Waals surface area contributed by atoms with E-state index in [-0.39, 0.29) is 12.2 Å². The fourth-order valence-corrected chi connectivity index (χ4v) is 2.14. The molecule has 21 heavy (non-hydrogen) atoms. The first kappa shape index (κ1) is 15.0. The monoisotopic (exact) mass is 288 g/mol. The van der Waals surface area contributed by atoms with Crippen molar-refractivity contribution in [3.8, 4) is 0 Å². The van der Waals surface area contributed by atoms with Crippen LogP contribution in [-0.4, -0.2) is 21.2 Å². The van der Waals surface area contributed by atoms with E-state index in [1.54, 1.807) is 7.05 Å². The molecule has 0 aliphatic rings. The maximum atomic E-state index is 12.5. The van der Waals surface area contributed by atoms with Crippen LogP contribution in [0.25, 0.3) is 0 Å². The molecule has 2 aromatic rings. The first-order valence-corrected chi connectivity index (χ1v) is 7.10. The molecule has 1 N–H and O–H groups in total. The number of unbranched alkanes of at least 4 members (excludes halogenated alkanes) is 1. The molecule has 0 aliphatic heterocycles. The van der Waals surface area contributed by atoms with Crippen molar-refractivity contribution in [3.63, 3.8) is 0 Å². The Labute approximate surface area is 123 Å². The number of benzene rings is 1. The second kappa shape index (κ2) is 6.88. The lowest BCUT2D eigenvalue weighted by atomic mass is 10.2. The Morgan fingerprint density at radius 2 is 1.86 bits per heavy atom. The van der Waals surface area contributed by atoms with E-state index in [1.807, 2.05) is 30.3 Å². The quantitative estimate of drug-likeness (QED) is 0.870. The van der Waals surface area contributed by atoms with Crippen LogP contribution < -0.4 is 16.7 Å². The molecule has 1 aromatic heterocycles. The van der Waals surface area contributed by atoms with Crippen LogP contribution in [0.2, 0.25) is 0 Å². The zero-order valence-electron chi connectivity index (χ0n) is 12.4. The van der Waals surface area contributed by atoms with E-state index in [2.05, 4.69) is 17.2 Å². The minimum absolute atomic E-state index is 0.238. The molecule has 2 rings (SSSR count). The van der Waals surface area contributed by atoms with Gasteiger partial charge in [0, 0.05) is 13.6 Å². The Balaban J connectivity index is 2.46. The average Bonchev–Trinajstić information content (AvgIpc) is 2.51. The SMILES string of the molecule is CCCCn1c(NC)nc(=O)n(Cc2ccccc2)c1=O. The highest BCUT2D eigenvalue weighted by molar-refractivity contribution is 5.22. The molecule has 112 valence electrons. The second-order valence-corrected chi connectivity index (χ2v) is 4.83. The third kappa shape index (κ3) is 3.39. The Bertz CT molecular complexity index is 704. The lowest BCUT2D eigenvalue weighted by Crippen LogP contribution is -2.42. The summed E-state index contributed by atoms with van der Waals surface area (Å²) in [5, 5.41) is 2.82. The normalized spacial score (nSPS) is 10.6. The van der Waals surface area contributed by atoms with Gasteiger partial charge in [-0.2, -0.15) is 4.98 Å². The van der Waals surface area contributed by atoms with Crippen molar-refractivity contribution in [2.24, 2.45) is 0 Å². The predicted molar refractivity (Wildman–Crippen MR) is 82.8 cm³/mol. The van der Waals surface area contributed by atoms with E-state index in [4.69, 9.17) is 0 Å². The molecule has 0 amide bonds. The number of anilines is 1. The molecular formula is C15H20N4O2. The van der Waals surface area contributed by atoms with Crippen LogP contribution in [0.5, 0.6) is 0 Å². The number of aromatic nitrogens is 3. The van der Waals surface area contributed by atoms with E-state index < -0.39 is 5.69 Å². The van der Waals surface area contributed by atoms with E-state index in [1.165, 1.54) is 9.13 Å². The molecule has 0 atom stereocenters. The molecular weight excluding hydrogens is 268 g/mol. The minimum atomic E-state index is -0.527. The molecule has 0 saturated heterocycles. The maximum absolute atomic E-state index is 12.5. The second-order valence-electron chi connectivity index (χ2n) is 4.83. The van der Waals surface area contributed by atoms with Crippen LogP contribution in [-0.2, 0) is 13.1 Å². The Morgan fingerprint density at radius 3 is 2.48 bits per heavy atom. The van der Waals surface area contributed by atoms with Gasteiger partial charge in [-0.3, -0.25) is 4.57 Å². The summed E-state index contributed by atoms with van der Waals surface area (Å²) in [6, 6.07) is 9.42. The predicted octanol–water partition coefficient (Wildman–Crippen LogP) is 1.30. The number of hydrogen-bond donors (Lipinski definition) is 1. The lowest BCUT2D eigenvalue weighted by Gasteiger charge is -2.13. The van der Waals surface area contributed by atoms with Gasteiger partial charge in [0.05, 0.1) is 6.54 Å². The van der Waals surface area contributed by atoms with Crippen molar-refractivity contribution >= 4 is 5.95 Å². The van der Waals surface area contributed by atoms with Crippen LogP contribution >= 0.6 is 0 Å². The third-order valence-electron chi connectivity index (χ3n) is 3.29. The molecule has 0 spiro atoms. The van der Waals surface area contributed by atoms with Gasteiger partial charge in [0.1, 0.15) is 0 Å². The minimum Gasteiger partial charge on any atom is -0.358 e. The molecule has 0 bridgehead atoms. The topological polar surface area (TPSA) is 68.9 Å². The average molecular weight is 288 g/mol. The number of rotatable bonds is 6. The van der Waals surface area contributed by atoms with Gasteiger partial charge in [-0.1, -0.05) is 43.7 Å². The van der Waals surface area contributed by atoms with E-state index >= 15 is 0 Å². The summed E-state index contributed by atoms with van der Waals surface area (Å²) in [5.41, 5.74) is 0.0513. The summed E-state index contributed by atoms with van der Waals surface area (Å²) in [7, 11) is 1.66. The van der Waals surface area contributed by atoms with Gasteiger partial charge in [-0.05, 0) is 12.0 Å². The zero-order valence-corrected chi connectivity index (χ0v) is 12.4. The van der Waals surface area contributed by atoms with Gasteiger partial charge in [-0.15, -0.1) is 0 Å². The summed E-state index contributed by atoms with van der Waals surface area (Å²) in [4.78, 5) is 28.5. The van der Waals surface area contributed by atoms with Crippen molar-refractivity contribution in [1.29, 1.82) is 0 Å². The smallest absolute Gasteiger partial charge is 0.355 e. The fourth-order valence-electron chi connectivity index (χ4n) is 2.14. The third-order valence-corrected chi connectivity index (χ3v) is 3.29. The summed E-state index contributed by atoms with van der Waals surface area (Å²) in [6.45, 7) is 2.84. The standard InChI is InChI=1S/C15H20N4O2/c1-3-4-10-18-13(16-2)17-14(20)19(15(18)21)11-12-8-6-5-7-9-12/h5-9H,3-4,10-11H2,1-2H3,(H,16,17,20). The van der Waals surface area contributed by atoms with Gasteiger partial charge in [0.15, 0.2) is 0 Å². The largest absolute Gasteiger partial charge is 0.358 e. The fraction of sp³-hybridized carbons (Fsp3) is 0.400. The van der Waals surface area contributed by atoms with Crippen LogP contribution in [0, 0.1) is 0 Å². The summed E-state index contributed by atoms with van der Waals surface area (Å²) in [6.07, 6.45) is 1.83. The van der Waals surface area contributed by atoms with Crippen molar-refractivity contribution < 1.29 is 0 Å². The van der Waals surface area contributed by atoms with Crippen molar-refractivity contribution in [1.82, 2.24) is 14.1 Å². The van der Waals surface area contributed by atoms with Crippen LogP contribution in [0.15, 0.2) is 39.9 Å². The van der Waals surface area contributed by atoms with Gasteiger partial charge in [0.2, 0.25) is 5.95 Å². The first-order valence-electron chi connectivity index (χ1n) is 7.10. The first-order chi connectivity index (χ1) is 10.2. The number of nitrogens with one attached hydrogen (secondary N) is 1. The van der Waals surface area contributed by atoms with Crippen molar-refractivity contribution in [2.75, 3.05) is 12.4 Å². The van der Waals surface area contributed by atoms with E-state index in [0.29, 0.717) is 12.5 Å². The molecule has 0 saturated carbocycles.